The lowest BCUT2D eigenvalue weighted by molar-refractivity contribution is -0.358. The number of H-pyrrole nitrogens is 1. The fourth-order valence-electron chi connectivity index (χ4n) is 5.51. The smallest absolute Gasteiger partial charge is 0.311 e. The Labute approximate surface area is 261 Å². The minimum absolute atomic E-state index is 0.116. The third-order valence-corrected chi connectivity index (χ3v) is 8.55. The van der Waals surface area contributed by atoms with Gasteiger partial charge in [0.25, 0.3) is 5.52 Å². The Balaban J connectivity index is 1.40. The summed E-state index contributed by atoms with van der Waals surface area (Å²) in [7, 11) is 0. The number of benzene rings is 3. The van der Waals surface area contributed by atoms with Crippen LogP contribution < -0.4 is 9.72 Å². The number of aryl methyl sites for hydroxylation is 1. The number of phenols is 1. The number of nitrogens with one attached hydrogen (secondary N) is 1. The number of esters is 1. The molecule has 0 saturated carbocycles. The van der Waals surface area contributed by atoms with E-state index in [1.807, 2.05) is 59.7 Å². The highest BCUT2D eigenvalue weighted by molar-refractivity contribution is 6.43. The number of fused-ring (bicyclic) bond motifs is 2. The van der Waals surface area contributed by atoms with E-state index < -0.39 is 11.9 Å². The number of phenolic OH excluding ortho intramolecular Hbond substituents is 1. The Morgan fingerprint density at radius 1 is 0.860 bits per heavy atom. The largest absolute Gasteiger partial charge is 0.507 e. The van der Waals surface area contributed by atoms with Gasteiger partial charge in [0.2, 0.25) is 5.75 Å². The number of halogens is 2. The number of ketones is 2. The molecule has 4 aromatic rings. The van der Waals surface area contributed by atoms with Gasteiger partial charge in [-0.2, -0.15) is 0 Å². The molecule has 6 nitrogen and oxygen atoms in total. The summed E-state index contributed by atoms with van der Waals surface area (Å²) >= 11 is 12.2. The monoisotopic (exact) mass is 618 g/mol. The van der Waals surface area contributed by atoms with Gasteiger partial charge in [0.15, 0.2) is 23.2 Å². The molecule has 0 bridgehead atoms. The summed E-state index contributed by atoms with van der Waals surface area (Å²) in [6, 6.07) is 15.5. The molecule has 8 heteroatoms. The van der Waals surface area contributed by atoms with Gasteiger partial charge < -0.3 is 9.84 Å². The van der Waals surface area contributed by atoms with Crippen LogP contribution in [-0.4, -0.2) is 22.6 Å². The normalized spacial score (nSPS) is 14.0. The Morgan fingerprint density at radius 3 is 1.95 bits per heavy atom. The van der Waals surface area contributed by atoms with E-state index in [-0.39, 0.29) is 50.0 Å². The summed E-state index contributed by atoms with van der Waals surface area (Å²) in [4.78, 5) is 42.8. The Bertz CT molecular complexity index is 1740. The van der Waals surface area contributed by atoms with Crippen molar-refractivity contribution in [2.24, 2.45) is 0 Å². The van der Waals surface area contributed by atoms with Gasteiger partial charge in [-0.25, -0.2) is 4.98 Å². The van der Waals surface area contributed by atoms with Gasteiger partial charge in [-0.1, -0.05) is 82.9 Å². The topological polar surface area (TPSA) is 94.8 Å². The van der Waals surface area contributed by atoms with Crippen LogP contribution in [0.15, 0.2) is 54.6 Å². The average Bonchev–Trinajstić information content (AvgIpc) is 3.15. The second-order valence-electron chi connectivity index (χ2n) is 13.1. The number of pyridine rings is 1. The van der Waals surface area contributed by atoms with Gasteiger partial charge in [0, 0.05) is 23.6 Å². The minimum Gasteiger partial charge on any atom is -0.507 e. The van der Waals surface area contributed by atoms with E-state index in [4.69, 9.17) is 27.9 Å². The third kappa shape index (κ3) is 5.91. The molecule has 1 aliphatic carbocycles. The third-order valence-electron chi connectivity index (χ3n) is 7.82. The van der Waals surface area contributed by atoms with Gasteiger partial charge in [-0.3, -0.25) is 14.4 Å². The van der Waals surface area contributed by atoms with E-state index in [2.05, 4.69) is 4.98 Å². The highest BCUT2D eigenvalue weighted by Gasteiger charge is 2.44. The Kier molecular flexibility index (Phi) is 7.91. The molecule has 222 valence electrons. The fraction of sp³-hybridized carbons (Fsp3) is 0.314. The second-order valence-corrected chi connectivity index (χ2v) is 13.9. The molecule has 0 aliphatic heterocycles. The predicted octanol–water partition coefficient (Wildman–Crippen LogP) is 7.96. The number of carbonyl (C=O) groups is 3. The van der Waals surface area contributed by atoms with Crippen LogP contribution in [0, 0.1) is 0 Å². The molecule has 1 aromatic heterocycles. The van der Waals surface area contributed by atoms with Crippen molar-refractivity contribution in [3.8, 4) is 11.5 Å². The van der Waals surface area contributed by atoms with Crippen molar-refractivity contribution in [3.05, 3.63) is 98.2 Å². The predicted molar refractivity (Wildman–Crippen MR) is 168 cm³/mol. The number of hydrogen-bond acceptors (Lipinski definition) is 5. The summed E-state index contributed by atoms with van der Waals surface area (Å²) in [5, 5.41) is 12.2. The summed E-state index contributed by atoms with van der Waals surface area (Å²) in [5.74, 6) is -1.67. The summed E-state index contributed by atoms with van der Waals surface area (Å²) in [5.41, 5.74) is 3.39. The van der Waals surface area contributed by atoms with Crippen LogP contribution in [0.4, 0.5) is 0 Å². The SMILES string of the molecule is CC(C)(C)c1cc(CCC(=O)Oc2cccc3ccc(C4C(=O)c5cc(Cl)c(Cl)cc5C4=O)[nH+]c23)cc(C(C)(C)C)c1O. The lowest BCUT2D eigenvalue weighted by Crippen LogP contribution is -2.24. The first kappa shape index (κ1) is 30.7. The molecule has 3 aromatic carbocycles. The van der Waals surface area contributed by atoms with Crippen LogP contribution in [0.3, 0.4) is 0 Å². The maximum atomic E-state index is 13.2. The van der Waals surface area contributed by atoms with Crippen molar-refractivity contribution < 1.29 is 29.2 Å². The van der Waals surface area contributed by atoms with Crippen molar-refractivity contribution in [2.45, 2.75) is 71.1 Å². The fourth-order valence-corrected chi connectivity index (χ4v) is 5.84. The first-order valence-corrected chi connectivity index (χ1v) is 14.9. The maximum absolute atomic E-state index is 13.2. The molecule has 43 heavy (non-hydrogen) atoms. The molecule has 1 aliphatic rings. The van der Waals surface area contributed by atoms with E-state index in [1.54, 1.807) is 24.3 Å². The zero-order chi connectivity index (χ0) is 31.4. The van der Waals surface area contributed by atoms with Crippen LogP contribution in [0.5, 0.6) is 11.5 Å². The molecule has 0 amide bonds. The van der Waals surface area contributed by atoms with E-state index in [1.165, 1.54) is 12.1 Å². The van der Waals surface area contributed by atoms with Crippen molar-refractivity contribution in [1.29, 1.82) is 0 Å². The van der Waals surface area contributed by atoms with Gasteiger partial charge in [0.1, 0.15) is 5.75 Å². The quantitative estimate of drug-likeness (QED) is 0.139. The van der Waals surface area contributed by atoms with Gasteiger partial charge in [-0.05, 0) is 64.3 Å². The molecule has 0 radical (unpaired) electrons. The number of ether oxygens (including phenoxy) is 1. The number of aromatic hydroxyl groups is 1. The zero-order valence-corrected chi connectivity index (χ0v) is 26.5. The average molecular weight is 620 g/mol. The minimum atomic E-state index is -1.08. The van der Waals surface area contributed by atoms with Gasteiger partial charge in [0.05, 0.1) is 15.4 Å². The second kappa shape index (κ2) is 11.1. The lowest BCUT2D eigenvalue weighted by atomic mass is 9.78. The van der Waals surface area contributed by atoms with Crippen LogP contribution in [0.1, 0.15) is 97.0 Å². The van der Waals surface area contributed by atoms with Crippen LogP contribution >= 0.6 is 23.2 Å². The van der Waals surface area contributed by atoms with E-state index >= 15 is 0 Å². The van der Waals surface area contributed by atoms with Crippen molar-refractivity contribution >= 4 is 51.6 Å². The zero-order valence-electron chi connectivity index (χ0n) is 25.0. The maximum Gasteiger partial charge on any atom is 0.311 e. The molecule has 0 unspecified atom stereocenters. The molecular weight excluding hydrogens is 585 g/mol. The molecular formula is C35H34Cl2NO5+. The van der Waals surface area contributed by atoms with E-state index in [0.29, 0.717) is 29.1 Å². The van der Waals surface area contributed by atoms with Crippen LogP contribution in [0.2, 0.25) is 10.0 Å². The number of rotatable bonds is 5. The number of aromatic nitrogens is 1. The van der Waals surface area contributed by atoms with E-state index in [9.17, 15) is 19.5 Å². The lowest BCUT2D eigenvalue weighted by Gasteiger charge is -2.28. The van der Waals surface area contributed by atoms with E-state index in [0.717, 1.165) is 22.1 Å². The number of hydrogen-bond donors (Lipinski definition) is 1. The number of carbonyl (C=O) groups excluding carboxylic acids is 3. The summed E-state index contributed by atoms with van der Waals surface area (Å²) in [6.07, 6.45) is 0.546. The first-order chi connectivity index (χ1) is 20.1. The summed E-state index contributed by atoms with van der Waals surface area (Å²) < 4.78 is 5.81. The molecule has 0 saturated heterocycles. The van der Waals surface area contributed by atoms with Crippen molar-refractivity contribution in [2.75, 3.05) is 0 Å². The molecule has 0 spiro atoms. The van der Waals surface area contributed by atoms with Crippen LogP contribution in [0.25, 0.3) is 10.9 Å². The van der Waals surface area contributed by atoms with Crippen LogP contribution in [-0.2, 0) is 22.0 Å². The van der Waals surface area contributed by atoms with Gasteiger partial charge >= 0.3 is 5.97 Å². The molecule has 5 rings (SSSR count). The van der Waals surface area contributed by atoms with Crippen molar-refractivity contribution in [1.82, 2.24) is 0 Å². The highest BCUT2D eigenvalue weighted by atomic mass is 35.5. The number of aromatic amines is 1. The molecule has 0 fully saturated rings. The Hall–Kier alpha value is -3.74. The first-order valence-electron chi connectivity index (χ1n) is 14.2. The highest BCUT2D eigenvalue weighted by Crippen LogP contribution is 2.40. The summed E-state index contributed by atoms with van der Waals surface area (Å²) in [6.45, 7) is 12.3. The number of para-hydroxylation sites is 1. The van der Waals surface area contributed by atoms with Gasteiger partial charge in [-0.15, -0.1) is 0 Å². The molecule has 0 atom stereocenters. The standard InChI is InChI=1S/C35H33Cl2NO5/c1-34(2,3)22-14-18(15-23(33(22)42)35(4,5)6)10-13-28(39)43-27-9-7-8-19-11-12-26(38-30(19)27)29-31(40)20-16-24(36)25(37)17-21(20)32(29)41/h7-9,11-12,14-17,29,42H,10,13H2,1-6H3/p+1. The number of Topliss-reactive ketones (excluding diaryl/α,β-unsaturated/α-hetero) is 2. The Morgan fingerprint density at radius 2 is 1.42 bits per heavy atom. The van der Waals surface area contributed by atoms with Crippen molar-refractivity contribution in [3.63, 3.8) is 0 Å². The molecule has 1 heterocycles. The molecule has 2 N–H and O–H groups in total.